The van der Waals surface area contributed by atoms with Gasteiger partial charge in [0.1, 0.15) is 0 Å². The van der Waals surface area contributed by atoms with Crippen LogP contribution in [0.25, 0.3) is 0 Å². The molecule has 0 amide bonds. The summed E-state index contributed by atoms with van der Waals surface area (Å²) in [5, 5.41) is 0.277. The number of nitrogens with one attached hydrogen (secondary N) is 1. The van der Waals surface area contributed by atoms with Crippen molar-refractivity contribution in [2.24, 2.45) is 0 Å². The average Bonchev–Trinajstić information content (AvgIpc) is 2.04. The van der Waals surface area contributed by atoms with E-state index in [1.807, 2.05) is 0 Å². The standard InChI is InChI=1S/C7H5BrF2INO/c8-1-3-2-12-7(11)4(5(3)13)6(9)10/h2,6H,1H2,(H,12,13). The summed E-state index contributed by atoms with van der Waals surface area (Å²) in [6.07, 6.45) is -1.29. The molecule has 0 fully saturated rings. The molecule has 1 rings (SSSR count). The Balaban J connectivity index is 3.39. The molecule has 0 aromatic carbocycles. The maximum Gasteiger partial charge on any atom is 0.270 e. The molecule has 0 aliphatic carbocycles. The van der Waals surface area contributed by atoms with Crippen molar-refractivity contribution in [3.8, 4) is 0 Å². The molecule has 72 valence electrons. The van der Waals surface area contributed by atoms with Crippen LogP contribution < -0.4 is 5.43 Å². The molecule has 0 aliphatic rings. The van der Waals surface area contributed by atoms with E-state index in [-0.39, 0.29) is 9.03 Å². The largest absolute Gasteiger partial charge is 0.356 e. The van der Waals surface area contributed by atoms with E-state index in [4.69, 9.17) is 0 Å². The van der Waals surface area contributed by atoms with Crippen LogP contribution in [0.5, 0.6) is 0 Å². The number of hydrogen-bond acceptors (Lipinski definition) is 1. The predicted octanol–water partition coefficient (Wildman–Crippen LogP) is 2.81. The Labute approximate surface area is 95.0 Å². The summed E-state index contributed by atoms with van der Waals surface area (Å²) in [5.41, 5.74) is -0.719. The van der Waals surface area contributed by atoms with Gasteiger partial charge in [0.15, 0.2) is 5.43 Å². The quantitative estimate of drug-likeness (QED) is 0.489. The van der Waals surface area contributed by atoms with Crippen LogP contribution in [-0.4, -0.2) is 4.98 Å². The summed E-state index contributed by atoms with van der Waals surface area (Å²) >= 11 is 4.73. The van der Waals surface area contributed by atoms with Crippen molar-refractivity contribution < 1.29 is 8.78 Å². The minimum atomic E-state index is -2.73. The van der Waals surface area contributed by atoms with Crippen molar-refractivity contribution in [3.05, 3.63) is 31.2 Å². The zero-order chi connectivity index (χ0) is 10.0. The monoisotopic (exact) mass is 363 g/mol. The second-order valence-electron chi connectivity index (χ2n) is 2.31. The lowest BCUT2D eigenvalue weighted by molar-refractivity contribution is 0.148. The van der Waals surface area contributed by atoms with Gasteiger partial charge in [-0.25, -0.2) is 8.78 Å². The first-order chi connectivity index (χ1) is 6.07. The first kappa shape index (κ1) is 11.1. The van der Waals surface area contributed by atoms with Gasteiger partial charge in [0.2, 0.25) is 0 Å². The minimum Gasteiger partial charge on any atom is -0.356 e. The second kappa shape index (κ2) is 4.50. The summed E-state index contributed by atoms with van der Waals surface area (Å²) in [4.78, 5) is 13.9. The van der Waals surface area contributed by atoms with Gasteiger partial charge in [0.05, 0.1) is 9.26 Å². The number of pyridine rings is 1. The smallest absolute Gasteiger partial charge is 0.270 e. The van der Waals surface area contributed by atoms with E-state index >= 15 is 0 Å². The third-order valence-corrected chi connectivity index (χ3v) is 3.00. The second-order valence-corrected chi connectivity index (χ2v) is 3.94. The lowest BCUT2D eigenvalue weighted by atomic mass is 10.2. The summed E-state index contributed by atoms with van der Waals surface area (Å²) < 4.78 is 24.9. The van der Waals surface area contributed by atoms with Crippen molar-refractivity contribution in [2.75, 3.05) is 0 Å². The number of alkyl halides is 3. The number of aromatic amines is 1. The SMILES string of the molecule is O=c1c(CBr)c[nH]c(I)c1C(F)F. The van der Waals surface area contributed by atoms with Gasteiger partial charge in [0.25, 0.3) is 6.43 Å². The van der Waals surface area contributed by atoms with Gasteiger partial charge in [-0.2, -0.15) is 0 Å². The van der Waals surface area contributed by atoms with Gasteiger partial charge in [-0.05, 0) is 22.6 Å². The van der Waals surface area contributed by atoms with Crippen LogP contribution in [0.4, 0.5) is 8.78 Å². The van der Waals surface area contributed by atoms with Crippen molar-refractivity contribution in [1.82, 2.24) is 4.98 Å². The Morgan fingerprint density at radius 3 is 2.69 bits per heavy atom. The molecule has 0 saturated heterocycles. The van der Waals surface area contributed by atoms with Gasteiger partial charge in [-0.15, -0.1) is 0 Å². The lowest BCUT2D eigenvalue weighted by Gasteiger charge is -2.03. The zero-order valence-corrected chi connectivity index (χ0v) is 10.0. The highest BCUT2D eigenvalue weighted by atomic mass is 127. The number of rotatable bonds is 2. The highest BCUT2D eigenvalue weighted by molar-refractivity contribution is 14.1. The van der Waals surface area contributed by atoms with Crippen molar-refractivity contribution in [1.29, 1.82) is 0 Å². The fourth-order valence-corrected chi connectivity index (χ4v) is 1.91. The molecule has 0 unspecified atom stereocenters. The third-order valence-electron chi connectivity index (χ3n) is 1.51. The Morgan fingerprint density at radius 1 is 1.62 bits per heavy atom. The lowest BCUT2D eigenvalue weighted by Crippen LogP contribution is -2.16. The van der Waals surface area contributed by atoms with E-state index in [9.17, 15) is 13.6 Å². The van der Waals surface area contributed by atoms with Crippen LogP contribution in [0.15, 0.2) is 11.0 Å². The maximum atomic E-state index is 12.4. The van der Waals surface area contributed by atoms with Crippen LogP contribution in [0.3, 0.4) is 0 Å². The van der Waals surface area contributed by atoms with E-state index < -0.39 is 17.4 Å². The zero-order valence-electron chi connectivity index (χ0n) is 6.28. The van der Waals surface area contributed by atoms with E-state index in [2.05, 4.69) is 20.9 Å². The normalized spacial score (nSPS) is 10.8. The molecule has 2 nitrogen and oxygen atoms in total. The maximum absolute atomic E-state index is 12.4. The van der Waals surface area contributed by atoms with Gasteiger partial charge >= 0.3 is 0 Å². The Kier molecular flexibility index (Phi) is 3.84. The van der Waals surface area contributed by atoms with Gasteiger partial charge in [0, 0.05) is 17.1 Å². The fourth-order valence-electron chi connectivity index (χ4n) is 0.861. The van der Waals surface area contributed by atoms with E-state index in [1.165, 1.54) is 6.20 Å². The van der Waals surface area contributed by atoms with E-state index in [1.54, 1.807) is 22.6 Å². The van der Waals surface area contributed by atoms with Crippen molar-refractivity contribution in [2.45, 2.75) is 11.8 Å². The molecule has 1 aromatic heterocycles. The number of H-pyrrole nitrogens is 1. The molecule has 0 radical (unpaired) electrons. The highest BCUT2D eigenvalue weighted by Crippen LogP contribution is 2.20. The van der Waals surface area contributed by atoms with Crippen LogP contribution in [-0.2, 0) is 5.33 Å². The molecule has 6 heteroatoms. The molecular weight excluding hydrogens is 359 g/mol. The fraction of sp³-hybridized carbons (Fsp3) is 0.286. The van der Waals surface area contributed by atoms with Crippen LogP contribution in [0.1, 0.15) is 17.6 Å². The predicted molar refractivity (Wildman–Crippen MR) is 57.4 cm³/mol. The molecule has 0 aliphatic heterocycles. The minimum absolute atomic E-state index is 0.197. The summed E-state index contributed by atoms with van der Waals surface area (Å²) in [7, 11) is 0. The molecule has 1 N–H and O–H groups in total. The van der Waals surface area contributed by atoms with Crippen LogP contribution >= 0.6 is 38.5 Å². The number of aromatic nitrogens is 1. The number of hydrogen-bond donors (Lipinski definition) is 1. The average molecular weight is 364 g/mol. The molecule has 0 bridgehead atoms. The first-order valence-electron chi connectivity index (χ1n) is 3.32. The summed E-state index contributed by atoms with van der Waals surface area (Å²) in [6.45, 7) is 0. The number of halogens is 4. The van der Waals surface area contributed by atoms with Gasteiger partial charge < -0.3 is 4.98 Å². The van der Waals surface area contributed by atoms with Crippen LogP contribution in [0.2, 0.25) is 0 Å². The van der Waals surface area contributed by atoms with Gasteiger partial charge in [-0.3, -0.25) is 4.79 Å². The molecule has 13 heavy (non-hydrogen) atoms. The van der Waals surface area contributed by atoms with E-state index in [0.29, 0.717) is 5.56 Å². The van der Waals surface area contributed by atoms with Crippen molar-refractivity contribution in [3.63, 3.8) is 0 Å². The third kappa shape index (κ3) is 2.28. The molecule has 0 spiro atoms. The first-order valence-corrected chi connectivity index (χ1v) is 5.52. The summed E-state index contributed by atoms with van der Waals surface area (Å²) in [5.74, 6) is 0. The molecular formula is C7H5BrF2INO. The Morgan fingerprint density at radius 2 is 2.23 bits per heavy atom. The van der Waals surface area contributed by atoms with Gasteiger partial charge in [-0.1, -0.05) is 15.9 Å². The highest BCUT2D eigenvalue weighted by Gasteiger charge is 2.18. The topological polar surface area (TPSA) is 32.9 Å². The molecule has 0 atom stereocenters. The Bertz CT molecular complexity index is 366. The Hall–Kier alpha value is 0.0200. The molecule has 1 heterocycles. The van der Waals surface area contributed by atoms with Crippen molar-refractivity contribution >= 4 is 38.5 Å². The molecule has 0 saturated carbocycles. The molecule has 1 aromatic rings. The summed E-state index contributed by atoms with van der Waals surface area (Å²) in [6, 6.07) is 0. The van der Waals surface area contributed by atoms with E-state index in [0.717, 1.165) is 0 Å². The van der Waals surface area contributed by atoms with Crippen LogP contribution in [0, 0.1) is 3.70 Å².